The molecule has 0 spiro atoms. The van der Waals surface area contributed by atoms with E-state index in [2.05, 4.69) is 21.1 Å². The third-order valence-corrected chi connectivity index (χ3v) is 6.02. The Bertz CT molecular complexity index is 881. The fraction of sp³-hybridized carbons (Fsp3) is 0.467. The summed E-state index contributed by atoms with van der Waals surface area (Å²) in [6, 6.07) is 7.55. The lowest BCUT2D eigenvalue weighted by Crippen LogP contribution is -2.38. The lowest BCUT2D eigenvalue weighted by atomic mass is 9.92. The van der Waals surface area contributed by atoms with Gasteiger partial charge in [0.15, 0.2) is 0 Å². The molecule has 1 fully saturated rings. The minimum atomic E-state index is -3.52. The van der Waals surface area contributed by atoms with Gasteiger partial charge in [0, 0.05) is 24.7 Å². The van der Waals surface area contributed by atoms with Crippen LogP contribution in [0.4, 0.5) is 0 Å². The number of imidazole rings is 1. The van der Waals surface area contributed by atoms with Crippen molar-refractivity contribution in [1.82, 2.24) is 19.6 Å². The van der Waals surface area contributed by atoms with Crippen molar-refractivity contribution in [3.05, 3.63) is 29.5 Å². The van der Waals surface area contributed by atoms with Crippen LogP contribution in [0.2, 0.25) is 5.02 Å². The first-order valence-corrected chi connectivity index (χ1v) is 9.66. The van der Waals surface area contributed by atoms with Gasteiger partial charge in [-0.15, -0.1) is 0 Å². The standard InChI is InChI=1S/C15H18ClN5O2S/c16-12-1-2-14-13(7-12)19-11-21(14)6-5-20-24(22,23)10-15(8-17)3-4-18-9-15/h1-2,7,11,18,20H,3-6,9-10H2. The number of fused-ring (bicyclic) bond motifs is 1. The molecule has 0 amide bonds. The Morgan fingerprint density at radius 2 is 2.33 bits per heavy atom. The van der Waals surface area contributed by atoms with Gasteiger partial charge in [0.2, 0.25) is 10.0 Å². The molecule has 24 heavy (non-hydrogen) atoms. The van der Waals surface area contributed by atoms with Crippen LogP contribution in [0.5, 0.6) is 0 Å². The molecule has 1 aliphatic heterocycles. The summed E-state index contributed by atoms with van der Waals surface area (Å²) in [7, 11) is -3.52. The van der Waals surface area contributed by atoms with E-state index in [1.807, 2.05) is 10.6 Å². The van der Waals surface area contributed by atoms with Gasteiger partial charge in [0.1, 0.15) is 0 Å². The number of nitrogens with zero attached hydrogens (tertiary/aromatic N) is 3. The molecule has 0 saturated carbocycles. The highest BCUT2D eigenvalue weighted by Gasteiger charge is 2.38. The predicted molar refractivity (Wildman–Crippen MR) is 92.1 cm³/mol. The van der Waals surface area contributed by atoms with Crippen LogP contribution in [0.1, 0.15) is 6.42 Å². The maximum absolute atomic E-state index is 12.3. The Morgan fingerprint density at radius 3 is 3.04 bits per heavy atom. The summed E-state index contributed by atoms with van der Waals surface area (Å²) in [5, 5.41) is 13.0. The molecule has 1 aromatic heterocycles. The molecular weight excluding hydrogens is 350 g/mol. The van der Waals surface area contributed by atoms with E-state index in [4.69, 9.17) is 11.6 Å². The van der Waals surface area contributed by atoms with E-state index in [1.54, 1.807) is 18.5 Å². The Kier molecular flexibility index (Phi) is 4.78. The molecular formula is C15H18ClN5O2S. The highest BCUT2D eigenvalue weighted by atomic mass is 35.5. The Hall–Kier alpha value is -1.66. The monoisotopic (exact) mass is 367 g/mol. The number of nitrogens with one attached hydrogen (secondary N) is 2. The number of hydrogen-bond acceptors (Lipinski definition) is 5. The summed E-state index contributed by atoms with van der Waals surface area (Å²) in [5.74, 6) is -0.177. The number of sulfonamides is 1. The van der Waals surface area contributed by atoms with Crippen molar-refractivity contribution in [2.24, 2.45) is 5.41 Å². The second-order valence-corrected chi connectivity index (χ2v) is 8.29. The normalized spacial score (nSPS) is 21.2. The van der Waals surface area contributed by atoms with E-state index in [1.165, 1.54) is 0 Å². The molecule has 2 aromatic rings. The van der Waals surface area contributed by atoms with E-state index in [0.29, 0.717) is 31.1 Å². The smallest absolute Gasteiger partial charge is 0.213 e. The lowest BCUT2D eigenvalue weighted by molar-refractivity contribution is 0.479. The van der Waals surface area contributed by atoms with Crippen molar-refractivity contribution in [2.75, 3.05) is 25.4 Å². The molecule has 0 aliphatic carbocycles. The maximum atomic E-state index is 12.3. The second kappa shape index (κ2) is 6.69. The summed E-state index contributed by atoms with van der Waals surface area (Å²) >= 11 is 5.93. The maximum Gasteiger partial charge on any atom is 0.213 e. The van der Waals surface area contributed by atoms with Crippen LogP contribution in [-0.2, 0) is 16.6 Å². The summed E-state index contributed by atoms with van der Waals surface area (Å²) in [6.07, 6.45) is 2.21. The molecule has 2 N–H and O–H groups in total. The zero-order valence-corrected chi connectivity index (χ0v) is 14.6. The van der Waals surface area contributed by atoms with Crippen LogP contribution >= 0.6 is 11.6 Å². The quantitative estimate of drug-likeness (QED) is 0.796. The second-order valence-electron chi connectivity index (χ2n) is 6.04. The number of halogens is 1. The van der Waals surface area contributed by atoms with Gasteiger partial charge < -0.3 is 9.88 Å². The summed E-state index contributed by atoms with van der Waals surface area (Å²) < 4.78 is 29.0. The van der Waals surface area contributed by atoms with E-state index in [0.717, 1.165) is 11.0 Å². The first kappa shape index (κ1) is 17.2. The van der Waals surface area contributed by atoms with Gasteiger partial charge in [0.25, 0.3) is 0 Å². The van der Waals surface area contributed by atoms with Gasteiger partial charge in [-0.2, -0.15) is 5.26 Å². The first-order chi connectivity index (χ1) is 11.4. The molecule has 1 atom stereocenters. The number of nitriles is 1. The number of benzene rings is 1. The average Bonchev–Trinajstić information content (AvgIpc) is 3.14. The summed E-state index contributed by atoms with van der Waals surface area (Å²) in [5.41, 5.74) is 0.836. The molecule has 1 aromatic carbocycles. The molecule has 1 saturated heterocycles. The fourth-order valence-electron chi connectivity index (χ4n) is 2.95. The largest absolute Gasteiger partial charge is 0.329 e. The molecule has 0 radical (unpaired) electrons. The molecule has 1 aliphatic rings. The van der Waals surface area contributed by atoms with Crippen LogP contribution in [0.3, 0.4) is 0 Å². The molecule has 128 valence electrons. The van der Waals surface area contributed by atoms with Crippen molar-refractivity contribution in [1.29, 1.82) is 5.26 Å². The first-order valence-electron chi connectivity index (χ1n) is 7.63. The third-order valence-electron chi connectivity index (χ3n) is 4.20. The van der Waals surface area contributed by atoms with Crippen LogP contribution in [0, 0.1) is 16.7 Å². The third kappa shape index (κ3) is 3.70. The van der Waals surface area contributed by atoms with Gasteiger partial charge in [-0.05, 0) is 31.2 Å². The molecule has 3 rings (SSSR count). The minimum Gasteiger partial charge on any atom is -0.329 e. The number of hydrogen-bond donors (Lipinski definition) is 2. The average molecular weight is 368 g/mol. The van der Waals surface area contributed by atoms with E-state index < -0.39 is 15.4 Å². The Balaban J connectivity index is 1.61. The van der Waals surface area contributed by atoms with Gasteiger partial charge in [0.05, 0.1) is 34.6 Å². The topological polar surface area (TPSA) is 99.8 Å². The van der Waals surface area contributed by atoms with E-state index in [9.17, 15) is 13.7 Å². The Morgan fingerprint density at radius 1 is 1.50 bits per heavy atom. The number of rotatable bonds is 6. The van der Waals surface area contributed by atoms with Crippen molar-refractivity contribution >= 4 is 32.7 Å². The van der Waals surface area contributed by atoms with Gasteiger partial charge in [-0.25, -0.2) is 18.1 Å². The molecule has 9 heteroatoms. The summed E-state index contributed by atoms with van der Waals surface area (Å²) in [6.45, 7) is 1.78. The van der Waals surface area contributed by atoms with Crippen molar-refractivity contribution in [3.8, 4) is 6.07 Å². The van der Waals surface area contributed by atoms with E-state index >= 15 is 0 Å². The highest BCUT2D eigenvalue weighted by molar-refractivity contribution is 7.89. The molecule has 1 unspecified atom stereocenters. The minimum absolute atomic E-state index is 0.177. The molecule has 7 nitrogen and oxygen atoms in total. The molecule has 0 bridgehead atoms. The lowest BCUT2D eigenvalue weighted by Gasteiger charge is -2.19. The SMILES string of the molecule is N#CC1(CS(=O)(=O)NCCn2cnc3cc(Cl)ccc32)CCNC1. The van der Waals surface area contributed by atoms with Gasteiger partial charge >= 0.3 is 0 Å². The Labute approximate surface area is 145 Å². The zero-order valence-electron chi connectivity index (χ0n) is 13.0. The van der Waals surface area contributed by atoms with Crippen molar-refractivity contribution < 1.29 is 8.42 Å². The fourth-order valence-corrected chi connectivity index (χ4v) is 4.66. The van der Waals surface area contributed by atoms with E-state index in [-0.39, 0.29) is 12.3 Å². The highest BCUT2D eigenvalue weighted by Crippen LogP contribution is 2.26. The van der Waals surface area contributed by atoms with Gasteiger partial charge in [-0.1, -0.05) is 11.6 Å². The zero-order chi connectivity index (χ0) is 17.2. The van der Waals surface area contributed by atoms with Crippen LogP contribution < -0.4 is 10.0 Å². The van der Waals surface area contributed by atoms with Crippen molar-refractivity contribution in [3.63, 3.8) is 0 Å². The number of aromatic nitrogens is 2. The summed E-state index contributed by atoms with van der Waals surface area (Å²) in [4.78, 5) is 4.25. The van der Waals surface area contributed by atoms with Crippen LogP contribution in [-0.4, -0.2) is 43.4 Å². The van der Waals surface area contributed by atoms with Crippen LogP contribution in [0.15, 0.2) is 24.5 Å². The van der Waals surface area contributed by atoms with Crippen molar-refractivity contribution in [2.45, 2.75) is 13.0 Å². The van der Waals surface area contributed by atoms with Gasteiger partial charge in [-0.3, -0.25) is 0 Å². The van der Waals surface area contributed by atoms with Crippen LogP contribution in [0.25, 0.3) is 11.0 Å². The predicted octanol–water partition coefficient (Wildman–Crippen LogP) is 1.11. The molecule has 2 heterocycles.